The van der Waals surface area contributed by atoms with Gasteiger partial charge in [-0.2, -0.15) is 16.8 Å². The van der Waals surface area contributed by atoms with E-state index in [0.717, 1.165) is 24.3 Å². The molecule has 1 aromatic rings. The van der Waals surface area contributed by atoms with E-state index in [2.05, 4.69) is 10.8 Å². The van der Waals surface area contributed by atoms with Crippen molar-refractivity contribution in [3.63, 3.8) is 0 Å². The molecule has 0 amide bonds. The fourth-order valence-electron chi connectivity index (χ4n) is 1.01. The molecule has 1 aromatic carbocycles. The Balaban J connectivity index is 0. The van der Waals surface area contributed by atoms with E-state index >= 15 is 0 Å². The van der Waals surface area contributed by atoms with Gasteiger partial charge in [-0.1, -0.05) is 6.58 Å². The molecule has 0 aromatic heterocycles. The first-order chi connectivity index (χ1) is 7.63. The van der Waals surface area contributed by atoms with Gasteiger partial charge in [0, 0.05) is 0 Å². The average Bonchev–Trinajstić information content (AvgIpc) is 2.14. The topological polar surface area (TPSA) is 97.7 Å². The Hall–Kier alpha value is -0.783. The maximum atomic E-state index is 11.5. The van der Waals surface area contributed by atoms with Crippen LogP contribution in [0.4, 0.5) is 0 Å². The maximum absolute atomic E-state index is 11.5. The Bertz CT molecular complexity index is 636. The summed E-state index contributed by atoms with van der Waals surface area (Å²) in [7, 11) is -8.34. The Morgan fingerprint density at radius 2 is 1.56 bits per heavy atom. The molecule has 0 atom stereocenters. The summed E-state index contributed by atoms with van der Waals surface area (Å²) in [6.07, 6.45) is 0. The van der Waals surface area contributed by atoms with Gasteiger partial charge in [0.05, 0.1) is 4.90 Å². The van der Waals surface area contributed by atoms with Crippen molar-refractivity contribution in [3.8, 4) is 0 Å². The predicted molar refractivity (Wildman–Crippen MR) is 60.5 cm³/mol. The Morgan fingerprint density at radius 1 is 1.17 bits per heavy atom. The van der Waals surface area contributed by atoms with Gasteiger partial charge in [0.15, 0.2) is 0 Å². The molecule has 0 aliphatic heterocycles. The molecular weight excluding hydrogens is 275 g/mol. The molecule has 6 nitrogen and oxygen atoms in total. The summed E-state index contributed by atoms with van der Waals surface area (Å²) < 4.78 is 57.7. The number of benzene rings is 1. The number of allylic oxidation sites excluding steroid dienone is 1. The Labute approximate surface area is 119 Å². The summed E-state index contributed by atoms with van der Waals surface area (Å²) in [6.45, 7) is 4.65. The second kappa shape index (κ2) is 5.91. The Morgan fingerprint density at radius 3 is 1.89 bits per heavy atom. The molecule has 0 saturated heterocycles. The van der Waals surface area contributed by atoms with Crippen LogP contribution in [0.5, 0.6) is 0 Å². The third kappa shape index (κ3) is 4.48. The van der Waals surface area contributed by atoms with E-state index in [1.165, 1.54) is 6.92 Å². The molecule has 0 bridgehead atoms. The van der Waals surface area contributed by atoms with Crippen molar-refractivity contribution in [3.05, 3.63) is 36.6 Å². The van der Waals surface area contributed by atoms with Crippen LogP contribution in [0.25, 0.3) is 0 Å². The summed E-state index contributed by atoms with van der Waals surface area (Å²) in [5.41, 5.74) is 0. The van der Waals surface area contributed by atoms with Crippen molar-refractivity contribution >= 4 is 20.2 Å². The van der Waals surface area contributed by atoms with Gasteiger partial charge in [-0.3, -0.25) is 4.55 Å². The van der Waals surface area contributed by atoms with Crippen LogP contribution in [0.1, 0.15) is 8.35 Å². The molecule has 9 heteroatoms. The number of rotatable bonds is 4. The monoisotopic (exact) mass is 286 g/mol. The third-order valence-electron chi connectivity index (χ3n) is 1.66. The summed E-state index contributed by atoms with van der Waals surface area (Å²) >= 11 is 0. The maximum Gasteiger partial charge on any atom is 1.00 e. The molecule has 0 heterocycles. The van der Waals surface area contributed by atoms with E-state index in [0.29, 0.717) is 0 Å². The smallest absolute Gasteiger partial charge is 1.00 e. The minimum absolute atomic E-state index is 0. The van der Waals surface area contributed by atoms with Crippen LogP contribution >= 0.6 is 0 Å². The molecule has 0 spiro atoms. The van der Waals surface area contributed by atoms with Crippen molar-refractivity contribution in [1.29, 1.82) is 0 Å². The van der Waals surface area contributed by atoms with Gasteiger partial charge >= 0.3 is 29.0 Å². The van der Waals surface area contributed by atoms with E-state index in [4.69, 9.17) is 4.55 Å². The SMILES string of the molecule is C=C(C)OS(=O)(=O)c1ccc(S(=O)(=O)O)cc1.[H-].[Li+]. The third-order valence-corrected chi connectivity index (χ3v) is 3.88. The van der Waals surface area contributed by atoms with Gasteiger partial charge in [-0.05, 0) is 31.2 Å². The van der Waals surface area contributed by atoms with E-state index in [9.17, 15) is 16.8 Å². The van der Waals surface area contributed by atoms with Gasteiger partial charge in [-0.25, -0.2) is 0 Å². The molecule has 18 heavy (non-hydrogen) atoms. The van der Waals surface area contributed by atoms with Gasteiger partial charge < -0.3 is 5.61 Å². The zero-order valence-electron chi connectivity index (χ0n) is 10.8. The van der Waals surface area contributed by atoms with Crippen molar-refractivity contribution in [2.75, 3.05) is 0 Å². The number of hydrogen-bond acceptors (Lipinski definition) is 5. The minimum atomic E-state index is -4.34. The molecule has 0 aliphatic rings. The molecule has 1 N–H and O–H groups in total. The van der Waals surface area contributed by atoms with E-state index < -0.39 is 25.1 Å². The van der Waals surface area contributed by atoms with Gasteiger partial charge in [0.2, 0.25) is 0 Å². The summed E-state index contributed by atoms with van der Waals surface area (Å²) in [5.74, 6) is -0.0103. The van der Waals surface area contributed by atoms with Crippen LogP contribution in [-0.2, 0) is 24.4 Å². The quantitative estimate of drug-likeness (QED) is 0.306. The fraction of sp³-hybridized carbons (Fsp3) is 0.111. The van der Waals surface area contributed by atoms with Crippen LogP contribution < -0.4 is 18.9 Å². The Kier molecular flexibility index (Phi) is 5.65. The minimum Gasteiger partial charge on any atom is -1.00 e. The largest absolute Gasteiger partial charge is 1.00 e. The first-order valence-corrected chi connectivity index (χ1v) is 7.15. The summed E-state index contributed by atoms with van der Waals surface area (Å²) in [4.78, 5) is -0.625. The van der Waals surface area contributed by atoms with Crippen LogP contribution in [0, 0.1) is 0 Å². The van der Waals surface area contributed by atoms with Crippen molar-refractivity contribution in [1.82, 2.24) is 0 Å². The van der Waals surface area contributed by atoms with Gasteiger partial charge in [0.25, 0.3) is 10.1 Å². The molecule has 1 rings (SSSR count). The zero-order valence-corrected chi connectivity index (χ0v) is 11.5. The molecule has 0 saturated carbocycles. The van der Waals surface area contributed by atoms with Crippen molar-refractivity contribution < 1.29 is 45.9 Å². The van der Waals surface area contributed by atoms with E-state index in [1.807, 2.05) is 0 Å². The van der Waals surface area contributed by atoms with E-state index in [-0.39, 0.29) is 30.9 Å². The fourth-order valence-corrected chi connectivity index (χ4v) is 2.43. The number of hydrogen-bond donors (Lipinski definition) is 1. The average molecular weight is 286 g/mol. The van der Waals surface area contributed by atoms with Crippen LogP contribution in [-0.4, -0.2) is 21.4 Å². The van der Waals surface area contributed by atoms with Crippen molar-refractivity contribution in [2.24, 2.45) is 0 Å². The molecule has 0 aliphatic carbocycles. The second-order valence-electron chi connectivity index (χ2n) is 3.19. The second-order valence-corrected chi connectivity index (χ2v) is 6.15. The first-order valence-electron chi connectivity index (χ1n) is 4.30. The normalized spacial score (nSPS) is 11.4. The summed E-state index contributed by atoms with van der Waals surface area (Å²) in [6, 6.07) is 3.96. The molecule has 0 fully saturated rings. The predicted octanol–water partition coefficient (Wildman–Crippen LogP) is -1.71. The molecule has 0 unspecified atom stereocenters. The standard InChI is InChI=1S/C9H10O6S2.Li.H/c1-7(2)15-17(13,14)9-5-3-8(4-6-9)16(10,11)12;;/h3-6H,1H2,2H3,(H,10,11,12);;/q;+1;-1. The molecule has 96 valence electrons. The van der Waals surface area contributed by atoms with Crippen LogP contribution in [0.2, 0.25) is 0 Å². The van der Waals surface area contributed by atoms with Gasteiger partial charge in [-0.15, -0.1) is 0 Å². The van der Waals surface area contributed by atoms with Gasteiger partial charge in [0.1, 0.15) is 10.7 Å². The van der Waals surface area contributed by atoms with E-state index in [1.54, 1.807) is 0 Å². The van der Waals surface area contributed by atoms with Crippen molar-refractivity contribution in [2.45, 2.75) is 16.7 Å². The van der Waals surface area contributed by atoms with Crippen LogP contribution in [0.15, 0.2) is 46.4 Å². The first kappa shape index (κ1) is 17.2. The van der Waals surface area contributed by atoms with Crippen LogP contribution in [0.3, 0.4) is 0 Å². The summed E-state index contributed by atoms with van der Waals surface area (Å²) in [5, 5.41) is 0. The zero-order chi connectivity index (χ0) is 13.3. The molecular formula is C9H11LiO6S2. The molecule has 0 radical (unpaired) electrons.